The number of nitrogens with zero attached hydrogens (tertiary/aromatic N) is 1. The van der Waals surface area contributed by atoms with E-state index in [-0.39, 0.29) is 4.75 Å². The zero-order chi connectivity index (χ0) is 18.1. The Bertz CT molecular complexity index is 748. The van der Waals surface area contributed by atoms with Crippen molar-refractivity contribution in [3.63, 3.8) is 0 Å². The highest BCUT2D eigenvalue weighted by molar-refractivity contribution is 8.00. The molecule has 0 aliphatic rings. The number of allylic oxidation sites excluding steroid dienone is 1. The lowest BCUT2D eigenvalue weighted by molar-refractivity contribution is 0.322. The fraction of sp³-hybridized carbons (Fsp3) is 0.0870. The van der Waals surface area contributed by atoms with Crippen molar-refractivity contribution in [3.8, 4) is 0 Å². The van der Waals surface area contributed by atoms with E-state index in [1.165, 1.54) is 22.9 Å². The van der Waals surface area contributed by atoms with Gasteiger partial charge in [0, 0.05) is 5.75 Å². The maximum atomic E-state index is 8.57. The van der Waals surface area contributed by atoms with Gasteiger partial charge < -0.3 is 5.21 Å². The van der Waals surface area contributed by atoms with Crippen molar-refractivity contribution < 1.29 is 5.21 Å². The number of hydrogen-bond donors (Lipinski definition) is 1. The van der Waals surface area contributed by atoms with Crippen LogP contribution in [0, 0.1) is 0 Å². The first-order valence-electron chi connectivity index (χ1n) is 8.51. The zero-order valence-corrected chi connectivity index (χ0v) is 15.2. The molecule has 1 N–H and O–H groups in total. The topological polar surface area (TPSA) is 32.6 Å². The third-order valence-corrected chi connectivity index (χ3v) is 5.73. The van der Waals surface area contributed by atoms with Crippen LogP contribution in [-0.2, 0) is 4.75 Å². The summed E-state index contributed by atoms with van der Waals surface area (Å²) in [5.41, 5.74) is 3.73. The molecule has 0 radical (unpaired) electrons. The molecule has 0 saturated carbocycles. The van der Waals surface area contributed by atoms with Crippen LogP contribution in [0.15, 0.2) is 108 Å². The Kier molecular flexibility index (Phi) is 6.29. The highest BCUT2D eigenvalue weighted by atomic mass is 32.2. The Morgan fingerprint density at radius 2 is 1.15 bits per heavy atom. The molecule has 3 rings (SSSR count). The van der Waals surface area contributed by atoms with Gasteiger partial charge in [-0.1, -0.05) is 102 Å². The quantitative estimate of drug-likeness (QED) is 0.253. The summed E-state index contributed by atoms with van der Waals surface area (Å²) in [5, 5.41) is 11.6. The fourth-order valence-electron chi connectivity index (χ4n) is 3.10. The van der Waals surface area contributed by atoms with E-state index < -0.39 is 0 Å². The molecule has 3 aromatic carbocycles. The maximum Gasteiger partial charge on any atom is 0.0910 e. The van der Waals surface area contributed by atoms with Crippen LogP contribution in [0.3, 0.4) is 0 Å². The molecule has 0 aliphatic heterocycles. The molecule has 0 atom stereocenters. The molecular formula is C23H21NOS. The Morgan fingerprint density at radius 1 is 0.731 bits per heavy atom. The minimum atomic E-state index is -0.315. The number of oxime groups is 1. The van der Waals surface area contributed by atoms with Gasteiger partial charge in [0.15, 0.2) is 0 Å². The second kappa shape index (κ2) is 9.07. The van der Waals surface area contributed by atoms with E-state index in [1.807, 2.05) is 36.0 Å². The lowest BCUT2D eigenvalue weighted by atomic mass is 9.84. The van der Waals surface area contributed by atoms with E-state index in [1.54, 1.807) is 6.08 Å². The number of thioether (sulfide) groups is 1. The van der Waals surface area contributed by atoms with Gasteiger partial charge in [0.1, 0.15) is 0 Å². The molecule has 3 heteroatoms. The average Bonchev–Trinajstić information content (AvgIpc) is 2.73. The van der Waals surface area contributed by atoms with Crippen LogP contribution in [0.2, 0.25) is 0 Å². The second-order valence-corrected chi connectivity index (χ2v) is 7.02. The van der Waals surface area contributed by atoms with Crippen molar-refractivity contribution in [1.29, 1.82) is 0 Å². The van der Waals surface area contributed by atoms with Crippen LogP contribution in [-0.4, -0.2) is 17.2 Å². The first-order valence-corrected chi connectivity index (χ1v) is 9.49. The molecule has 3 aromatic rings. The van der Waals surface area contributed by atoms with E-state index in [9.17, 15) is 0 Å². The van der Waals surface area contributed by atoms with Crippen molar-refractivity contribution in [2.45, 2.75) is 4.75 Å². The molecule has 130 valence electrons. The van der Waals surface area contributed by atoms with Crippen molar-refractivity contribution in [1.82, 2.24) is 0 Å². The normalized spacial score (nSPS) is 12.0. The van der Waals surface area contributed by atoms with Crippen LogP contribution in [0.1, 0.15) is 16.7 Å². The Hall–Kier alpha value is -2.78. The van der Waals surface area contributed by atoms with Gasteiger partial charge in [0.25, 0.3) is 0 Å². The number of benzene rings is 3. The molecule has 0 aliphatic carbocycles. The molecule has 0 amide bonds. The van der Waals surface area contributed by atoms with Crippen molar-refractivity contribution in [2.75, 3.05) is 5.75 Å². The molecule has 0 bridgehead atoms. The third-order valence-electron chi connectivity index (χ3n) is 4.23. The van der Waals surface area contributed by atoms with Crippen LogP contribution < -0.4 is 0 Å². The minimum absolute atomic E-state index is 0.315. The largest absolute Gasteiger partial charge is 0.411 e. The number of rotatable bonds is 7. The van der Waals surface area contributed by atoms with Gasteiger partial charge in [-0.25, -0.2) is 0 Å². The van der Waals surface area contributed by atoms with E-state index in [2.05, 4.69) is 78.0 Å². The monoisotopic (exact) mass is 359 g/mol. The van der Waals surface area contributed by atoms with Crippen LogP contribution in [0.4, 0.5) is 0 Å². The summed E-state index contributed by atoms with van der Waals surface area (Å²) in [6.07, 6.45) is 5.16. The van der Waals surface area contributed by atoms with Crippen molar-refractivity contribution in [3.05, 3.63) is 120 Å². The summed E-state index contributed by atoms with van der Waals surface area (Å²) in [5.74, 6) is 0.782. The summed E-state index contributed by atoms with van der Waals surface area (Å²) in [7, 11) is 0. The predicted molar refractivity (Wildman–Crippen MR) is 111 cm³/mol. The highest BCUT2D eigenvalue weighted by Crippen LogP contribution is 2.48. The lowest BCUT2D eigenvalue weighted by Gasteiger charge is -2.35. The number of hydrogen-bond acceptors (Lipinski definition) is 3. The van der Waals surface area contributed by atoms with Gasteiger partial charge in [0.05, 0.1) is 11.0 Å². The van der Waals surface area contributed by atoms with Crippen molar-refractivity contribution in [2.24, 2.45) is 5.16 Å². The van der Waals surface area contributed by atoms with Crippen LogP contribution >= 0.6 is 11.8 Å². The SMILES string of the molecule is O/N=C/C=C\CSC(c1ccccc1)(c1ccccc1)c1ccccc1. The molecule has 26 heavy (non-hydrogen) atoms. The molecule has 2 nitrogen and oxygen atoms in total. The standard InChI is InChI=1S/C23H21NOS/c25-24-18-10-11-19-26-23(20-12-4-1-5-13-20,21-14-6-2-7-15-21)22-16-8-3-9-17-22/h1-18,25H,19H2/b11-10-,24-18+. The molecule has 0 saturated heterocycles. The Labute approximate surface area is 158 Å². The summed E-state index contributed by atoms with van der Waals surface area (Å²) < 4.78 is -0.315. The molecular weight excluding hydrogens is 338 g/mol. The van der Waals surface area contributed by atoms with Crippen LogP contribution in [0.25, 0.3) is 0 Å². The smallest absolute Gasteiger partial charge is 0.0910 e. The second-order valence-electron chi connectivity index (χ2n) is 5.78. The summed E-state index contributed by atoms with van der Waals surface area (Å²) in [6, 6.07) is 31.8. The molecule has 0 unspecified atom stereocenters. The van der Waals surface area contributed by atoms with E-state index in [0.29, 0.717) is 0 Å². The highest BCUT2D eigenvalue weighted by Gasteiger charge is 2.36. The van der Waals surface area contributed by atoms with Crippen LogP contribution in [0.5, 0.6) is 0 Å². The van der Waals surface area contributed by atoms with Gasteiger partial charge in [0.2, 0.25) is 0 Å². The first kappa shape index (κ1) is 18.0. The predicted octanol–water partition coefficient (Wildman–Crippen LogP) is 5.73. The average molecular weight is 359 g/mol. The van der Waals surface area contributed by atoms with Gasteiger partial charge >= 0.3 is 0 Å². The maximum absolute atomic E-state index is 8.57. The minimum Gasteiger partial charge on any atom is -0.411 e. The van der Waals surface area contributed by atoms with Gasteiger partial charge in [-0.15, -0.1) is 11.8 Å². The molecule has 0 spiro atoms. The third kappa shape index (κ3) is 3.89. The molecule has 0 fully saturated rings. The zero-order valence-electron chi connectivity index (χ0n) is 14.4. The lowest BCUT2D eigenvalue weighted by Crippen LogP contribution is -2.26. The summed E-state index contributed by atoms with van der Waals surface area (Å²) in [4.78, 5) is 0. The fourth-order valence-corrected chi connectivity index (χ4v) is 4.46. The Morgan fingerprint density at radius 3 is 1.54 bits per heavy atom. The Balaban J connectivity index is 2.14. The van der Waals surface area contributed by atoms with Gasteiger partial charge in [-0.3, -0.25) is 0 Å². The first-order chi connectivity index (χ1) is 12.9. The molecule has 0 aromatic heterocycles. The van der Waals surface area contributed by atoms with E-state index in [4.69, 9.17) is 5.21 Å². The molecule has 0 heterocycles. The summed E-state index contributed by atoms with van der Waals surface area (Å²) in [6.45, 7) is 0. The van der Waals surface area contributed by atoms with Crippen molar-refractivity contribution >= 4 is 18.0 Å². The van der Waals surface area contributed by atoms with E-state index in [0.717, 1.165) is 5.75 Å². The van der Waals surface area contributed by atoms with Gasteiger partial charge in [-0.2, -0.15) is 0 Å². The van der Waals surface area contributed by atoms with E-state index >= 15 is 0 Å². The van der Waals surface area contributed by atoms with Gasteiger partial charge in [-0.05, 0) is 22.8 Å². The summed E-state index contributed by atoms with van der Waals surface area (Å²) >= 11 is 1.85.